The Kier molecular flexibility index (Phi) is 3.90. The molecule has 1 saturated heterocycles. The van der Waals surface area contributed by atoms with Crippen molar-refractivity contribution in [2.24, 2.45) is 5.92 Å². The Morgan fingerprint density at radius 2 is 2.10 bits per heavy atom. The number of hydrogen-bond acceptors (Lipinski definition) is 2. The maximum Gasteiger partial charge on any atom is 0.252 e. The van der Waals surface area contributed by atoms with Gasteiger partial charge in [-0.05, 0) is 66.5 Å². The summed E-state index contributed by atoms with van der Waals surface area (Å²) >= 11 is 8.48. The number of carbonyl (C=O) groups excluding carboxylic acids is 2. The van der Waals surface area contributed by atoms with Crippen LogP contribution in [0.25, 0.3) is 0 Å². The molecule has 1 saturated carbocycles. The van der Waals surface area contributed by atoms with Crippen LogP contribution in [0.1, 0.15) is 26.2 Å². The van der Waals surface area contributed by atoms with Gasteiger partial charge in [-0.2, -0.15) is 0 Å². The van der Waals surface area contributed by atoms with Gasteiger partial charge in [0.2, 0.25) is 5.91 Å². The summed E-state index contributed by atoms with van der Waals surface area (Å²) < 4.78 is 1.02. The van der Waals surface area contributed by atoms with Crippen LogP contribution in [0, 0.1) is 9.49 Å². The minimum atomic E-state index is -0.806. The van der Waals surface area contributed by atoms with Gasteiger partial charge in [-0.25, -0.2) is 0 Å². The number of hydrogen-bond donors (Lipinski definition) is 1. The minimum Gasteiger partial charge on any atom is -0.342 e. The molecule has 21 heavy (non-hydrogen) atoms. The van der Waals surface area contributed by atoms with Crippen LogP contribution in [0.5, 0.6) is 0 Å². The molecule has 2 amide bonds. The van der Waals surface area contributed by atoms with E-state index in [0.717, 1.165) is 16.4 Å². The van der Waals surface area contributed by atoms with E-state index in [1.807, 2.05) is 25.1 Å². The van der Waals surface area contributed by atoms with Gasteiger partial charge in [-0.15, -0.1) is 0 Å². The molecule has 0 spiro atoms. The number of anilines is 1. The molecule has 1 atom stereocenters. The fourth-order valence-corrected chi connectivity index (χ4v) is 3.83. The number of halogens is 2. The van der Waals surface area contributed by atoms with E-state index in [4.69, 9.17) is 11.6 Å². The normalized spacial score (nSPS) is 26.5. The highest BCUT2D eigenvalue weighted by molar-refractivity contribution is 14.1. The summed E-state index contributed by atoms with van der Waals surface area (Å²) in [6, 6.07) is 5.61. The molecule has 1 aromatic rings. The van der Waals surface area contributed by atoms with Gasteiger partial charge in [0.15, 0.2) is 0 Å². The van der Waals surface area contributed by atoms with Crippen molar-refractivity contribution in [3.8, 4) is 0 Å². The molecule has 1 unspecified atom stereocenters. The summed E-state index contributed by atoms with van der Waals surface area (Å²) in [5.74, 6) is 0.109. The predicted octanol–water partition coefficient (Wildman–Crippen LogP) is 2.97. The van der Waals surface area contributed by atoms with Crippen molar-refractivity contribution in [1.29, 1.82) is 0 Å². The number of nitrogens with one attached hydrogen (secondary N) is 1. The third kappa shape index (κ3) is 2.77. The summed E-state index contributed by atoms with van der Waals surface area (Å²) in [4.78, 5) is 26.6. The fourth-order valence-electron chi connectivity index (χ4n) is 2.87. The average molecular weight is 419 g/mol. The highest BCUT2D eigenvalue weighted by Crippen LogP contribution is 2.42. The quantitative estimate of drug-likeness (QED) is 0.751. The Bertz CT molecular complexity index is 618. The molecule has 1 N–H and O–H groups in total. The third-order valence-electron chi connectivity index (χ3n) is 4.25. The molecule has 0 aromatic heterocycles. The topological polar surface area (TPSA) is 49.4 Å². The first kappa shape index (κ1) is 15.1. The lowest BCUT2D eigenvalue weighted by Crippen LogP contribution is -2.57. The number of benzene rings is 1. The van der Waals surface area contributed by atoms with E-state index in [-0.39, 0.29) is 17.7 Å². The lowest BCUT2D eigenvalue weighted by Gasteiger charge is -2.32. The Labute approximate surface area is 142 Å². The lowest BCUT2D eigenvalue weighted by atomic mass is 9.94. The zero-order valence-corrected chi connectivity index (χ0v) is 14.6. The van der Waals surface area contributed by atoms with E-state index in [2.05, 4.69) is 27.9 Å². The first-order chi connectivity index (χ1) is 9.91. The van der Waals surface area contributed by atoms with Gasteiger partial charge in [0.25, 0.3) is 5.91 Å². The second-order valence-electron chi connectivity index (χ2n) is 5.83. The largest absolute Gasteiger partial charge is 0.342 e. The van der Waals surface area contributed by atoms with Crippen LogP contribution in [-0.4, -0.2) is 23.9 Å². The van der Waals surface area contributed by atoms with Gasteiger partial charge >= 0.3 is 0 Å². The van der Waals surface area contributed by atoms with Crippen molar-refractivity contribution in [2.75, 3.05) is 11.4 Å². The van der Waals surface area contributed by atoms with E-state index in [1.54, 1.807) is 4.90 Å². The van der Waals surface area contributed by atoms with Crippen LogP contribution in [0.3, 0.4) is 0 Å². The molecule has 1 aromatic carbocycles. The smallest absolute Gasteiger partial charge is 0.252 e. The molecule has 112 valence electrons. The van der Waals surface area contributed by atoms with Crippen LogP contribution in [-0.2, 0) is 9.59 Å². The highest BCUT2D eigenvalue weighted by Gasteiger charge is 2.51. The van der Waals surface area contributed by atoms with Gasteiger partial charge in [0.1, 0.15) is 5.54 Å². The Morgan fingerprint density at radius 1 is 1.38 bits per heavy atom. The molecule has 1 aliphatic carbocycles. The van der Waals surface area contributed by atoms with E-state index in [1.165, 1.54) is 0 Å². The zero-order valence-electron chi connectivity index (χ0n) is 11.7. The molecule has 1 aliphatic heterocycles. The SMILES string of the molecule is CC1(C2CC2)NC(=O)CCN(c2ccc(I)cc2Cl)C1=O. The van der Waals surface area contributed by atoms with E-state index in [0.29, 0.717) is 23.7 Å². The standard InChI is InChI=1S/C15H16ClIN2O2/c1-15(9-2-3-9)14(21)19(7-6-13(20)18-15)12-5-4-10(17)8-11(12)16/h4-5,8-9H,2-3,6-7H2,1H3,(H,18,20). The summed E-state index contributed by atoms with van der Waals surface area (Å²) in [6.07, 6.45) is 2.27. The Balaban J connectivity index is 2.00. The number of amides is 2. The lowest BCUT2D eigenvalue weighted by molar-refractivity contribution is -0.130. The third-order valence-corrected chi connectivity index (χ3v) is 5.22. The van der Waals surface area contributed by atoms with Crippen LogP contribution < -0.4 is 10.2 Å². The number of carbonyl (C=O) groups is 2. The Morgan fingerprint density at radius 3 is 2.71 bits per heavy atom. The molecule has 3 rings (SSSR count). The zero-order chi connectivity index (χ0) is 15.2. The minimum absolute atomic E-state index is 0.0565. The Hall–Kier alpha value is -0.820. The van der Waals surface area contributed by atoms with Gasteiger partial charge in [-0.1, -0.05) is 11.6 Å². The van der Waals surface area contributed by atoms with Gasteiger partial charge < -0.3 is 10.2 Å². The summed E-state index contributed by atoms with van der Waals surface area (Å²) in [5.41, 5.74) is -0.120. The van der Waals surface area contributed by atoms with Crippen molar-refractivity contribution >= 4 is 51.7 Å². The van der Waals surface area contributed by atoms with Crippen molar-refractivity contribution in [3.05, 3.63) is 26.8 Å². The van der Waals surface area contributed by atoms with Crippen LogP contribution in [0.2, 0.25) is 5.02 Å². The van der Waals surface area contributed by atoms with Gasteiger partial charge in [-0.3, -0.25) is 9.59 Å². The van der Waals surface area contributed by atoms with Gasteiger partial charge in [0, 0.05) is 16.5 Å². The highest BCUT2D eigenvalue weighted by atomic mass is 127. The summed E-state index contributed by atoms with van der Waals surface area (Å²) in [7, 11) is 0. The first-order valence-electron chi connectivity index (χ1n) is 7.00. The fraction of sp³-hybridized carbons (Fsp3) is 0.467. The average Bonchev–Trinajstić information content (AvgIpc) is 3.24. The molecule has 1 heterocycles. The van der Waals surface area contributed by atoms with Crippen molar-refractivity contribution in [3.63, 3.8) is 0 Å². The molecular weight excluding hydrogens is 403 g/mol. The van der Waals surface area contributed by atoms with Crippen molar-refractivity contribution < 1.29 is 9.59 Å². The molecule has 2 fully saturated rings. The molecule has 0 bridgehead atoms. The molecule has 2 aliphatic rings. The van der Waals surface area contributed by atoms with E-state index < -0.39 is 5.54 Å². The number of rotatable bonds is 2. The predicted molar refractivity (Wildman–Crippen MR) is 90.4 cm³/mol. The monoisotopic (exact) mass is 418 g/mol. The van der Waals surface area contributed by atoms with E-state index >= 15 is 0 Å². The van der Waals surface area contributed by atoms with E-state index in [9.17, 15) is 9.59 Å². The van der Waals surface area contributed by atoms with Crippen molar-refractivity contribution in [2.45, 2.75) is 31.7 Å². The van der Waals surface area contributed by atoms with Crippen molar-refractivity contribution in [1.82, 2.24) is 5.32 Å². The van der Waals surface area contributed by atoms with Gasteiger partial charge in [0.05, 0.1) is 10.7 Å². The first-order valence-corrected chi connectivity index (χ1v) is 8.45. The summed E-state index contributed by atoms with van der Waals surface area (Å²) in [6.45, 7) is 2.21. The van der Waals surface area contributed by atoms with Crippen LogP contribution in [0.15, 0.2) is 18.2 Å². The molecule has 4 nitrogen and oxygen atoms in total. The number of nitrogens with zero attached hydrogens (tertiary/aromatic N) is 1. The second kappa shape index (κ2) is 5.43. The molecule has 0 radical (unpaired) electrons. The molecular formula is C15H16ClIN2O2. The summed E-state index contributed by atoms with van der Waals surface area (Å²) in [5, 5.41) is 3.47. The maximum atomic E-state index is 13.0. The second-order valence-corrected chi connectivity index (χ2v) is 7.48. The van der Waals surface area contributed by atoms with Crippen LogP contribution in [0.4, 0.5) is 5.69 Å². The molecule has 6 heteroatoms. The maximum absolute atomic E-state index is 13.0. The van der Waals surface area contributed by atoms with Crippen LogP contribution >= 0.6 is 34.2 Å².